The summed E-state index contributed by atoms with van der Waals surface area (Å²) in [6.45, 7) is 1.67. The molecule has 130 valence electrons. The van der Waals surface area contributed by atoms with E-state index in [-0.39, 0.29) is 12.3 Å². The maximum atomic E-state index is 12.2. The van der Waals surface area contributed by atoms with Gasteiger partial charge < -0.3 is 24.3 Å². The summed E-state index contributed by atoms with van der Waals surface area (Å²) in [5, 5.41) is 2.68. The highest BCUT2D eigenvalue weighted by Crippen LogP contribution is 2.43. The molecule has 1 aliphatic heterocycles. The third kappa shape index (κ3) is 3.15. The molecule has 24 heavy (non-hydrogen) atoms. The number of ether oxygens (including phenoxy) is 4. The van der Waals surface area contributed by atoms with Crippen LogP contribution in [0.3, 0.4) is 0 Å². The van der Waals surface area contributed by atoms with Gasteiger partial charge >= 0.3 is 5.97 Å². The van der Waals surface area contributed by atoms with Crippen LogP contribution in [-0.2, 0) is 14.3 Å². The highest BCUT2D eigenvalue weighted by atomic mass is 16.5. The van der Waals surface area contributed by atoms with Gasteiger partial charge in [-0.3, -0.25) is 4.79 Å². The lowest BCUT2D eigenvalue weighted by Crippen LogP contribution is -2.34. The Hall–Kier alpha value is -2.70. The molecular formula is C17H21NO6. The second-order valence-corrected chi connectivity index (χ2v) is 5.29. The summed E-state index contributed by atoms with van der Waals surface area (Å²) in [6.07, 6.45) is 0.125. The maximum absolute atomic E-state index is 12.2. The zero-order valence-electron chi connectivity index (χ0n) is 14.4. The van der Waals surface area contributed by atoms with Crippen molar-refractivity contribution in [2.75, 3.05) is 28.4 Å². The molecule has 7 nitrogen and oxygen atoms in total. The molecule has 0 radical (unpaired) electrons. The van der Waals surface area contributed by atoms with Crippen molar-refractivity contribution in [2.45, 2.75) is 19.3 Å². The third-order valence-corrected chi connectivity index (χ3v) is 3.96. The SMILES string of the molecule is COC(=O)C1=C(C)NC(=O)C[C@@H]1c1cc(OC)c(OC)c(OC)c1. The van der Waals surface area contributed by atoms with Gasteiger partial charge in [-0.05, 0) is 24.6 Å². The minimum atomic E-state index is -0.480. The van der Waals surface area contributed by atoms with Gasteiger partial charge in [0.25, 0.3) is 0 Å². The van der Waals surface area contributed by atoms with Crippen molar-refractivity contribution >= 4 is 11.9 Å². The van der Waals surface area contributed by atoms with Crippen LogP contribution in [0.25, 0.3) is 0 Å². The number of methoxy groups -OCH3 is 4. The molecule has 0 saturated carbocycles. The fraction of sp³-hybridized carbons (Fsp3) is 0.412. The van der Waals surface area contributed by atoms with Gasteiger partial charge in [0.1, 0.15) is 0 Å². The molecule has 1 atom stereocenters. The zero-order chi connectivity index (χ0) is 17.9. The van der Waals surface area contributed by atoms with Crippen LogP contribution in [0, 0.1) is 0 Å². The monoisotopic (exact) mass is 335 g/mol. The molecule has 1 aromatic carbocycles. The van der Waals surface area contributed by atoms with Crippen LogP contribution in [0.1, 0.15) is 24.8 Å². The first-order valence-electron chi connectivity index (χ1n) is 7.35. The van der Waals surface area contributed by atoms with Crippen LogP contribution >= 0.6 is 0 Å². The van der Waals surface area contributed by atoms with Crippen molar-refractivity contribution in [1.82, 2.24) is 5.32 Å². The number of carbonyl (C=O) groups excluding carboxylic acids is 2. The van der Waals surface area contributed by atoms with Crippen LogP contribution < -0.4 is 19.5 Å². The van der Waals surface area contributed by atoms with Gasteiger partial charge in [-0.1, -0.05) is 0 Å². The number of hydrogen-bond donors (Lipinski definition) is 1. The van der Waals surface area contributed by atoms with E-state index in [1.54, 1.807) is 19.1 Å². The van der Waals surface area contributed by atoms with Crippen molar-refractivity contribution in [3.8, 4) is 17.2 Å². The van der Waals surface area contributed by atoms with Crippen LogP contribution in [0.4, 0.5) is 0 Å². The van der Waals surface area contributed by atoms with Crippen molar-refractivity contribution < 1.29 is 28.5 Å². The number of nitrogens with one attached hydrogen (secondary N) is 1. The predicted octanol–water partition coefficient (Wildman–Crippen LogP) is 1.76. The number of rotatable bonds is 5. The highest BCUT2D eigenvalue weighted by Gasteiger charge is 2.33. The predicted molar refractivity (Wildman–Crippen MR) is 86.3 cm³/mol. The molecule has 1 heterocycles. The molecule has 1 aromatic rings. The Morgan fingerprint density at radius 2 is 1.67 bits per heavy atom. The molecule has 1 N–H and O–H groups in total. The number of hydrogen-bond acceptors (Lipinski definition) is 6. The summed E-state index contributed by atoms with van der Waals surface area (Å²) in [4.78, 5) is 24.1. The average molecular weight is 335 g/mol. The number of carbonyl (C=O) groups is 2. The minimum absolute atomic E-state index is 0.125. The van der Waals surface area contributed by atoms with Gasteiger partial charge in [-0.15, -0.1) is 0 Å². The lowest BCUT2D eigenvalue weighted by Gasteiger charge is -2.27. The molecule has 0 aromatic heterocycles. The van der Waals surface area contributed by atoms with Gasteiger partial charge in [0.05, 0.1) is 34.0 Å². The standard InChI is InChI=1S/C17H21NO6/c1-9-15(17(20)24-5)11(8-14(19)18-9)10-6-12(21-2)16(23-4)13(7-10)22-3/h6-7,11H,8H2,1-5H3,(H,18,19)/t11-/m1/s1. The van der Waals surface area contributed by atoms with E-state index in [1.165, 1.54) is 28.4 Å². The van der Waals surface area contributed by atoms with Crippen LogP contribution in [0.2, 0.25) is 0 Å². The molecule has 0 unspecified atom stereocenters. The summed E-state index contributed by atoms with van der Waals surface area (Å²) < 4.78 is 20.9. The zero-order valence-corrected chi connectivity index (χ0v) is 14.4. The van der Waals surface area contributed by atoms with E-state index in [0.717, 1.165) is 0 Å². The van der Waals surface area contributed by atoms with Crippen molar-refractivity contribution in [3.05, 3.63) is 29.0 Å². The Kier molecular flexibility index (Phi) is 5.33. The average Bonchev–Trinajstić information content (AvgIpc) is 2.58. The maximum Gasteiger partial charge on any atom is 0.336 e. The van der Waals surface area contributed by atoms with E-state index >= 15 is 0 Å². The number of benzene rings is 1. The fourth-order valence-electron chi connectivity index (χ4n) is 2.87. The van der Waals surface area contributed by atoms with Gasteiger partial charge in [-0.2, -0.15) is 0 Å². The van der Waals surface area contributed by atoms with Gasteiger partial charge in [0.2, 0.25) is 11.7 Å². The quantitative estimate of drug-likeness (QED) is 0.826. The van der Waals surface area contributed by atoms with E-state index in [0.29, 0.717) is 34.1 Å². The van der Waals surface area contributed by atoms with E-state index in [9.17, 15) is 9.59 Å². The molecule has 7 heteroatoms. The van der Waals surface area contributed by atoms with E-state index < -0.39 is 11.9 Å². The van der Waals surface area contributed by atoms with Crippen molar-refractivity contribution in [3.63, 3.8) is 0 Å². The Bertz CT molecular complexity index is 669. The number of esters is 1. The molecule has 1 amide bonds. The first-order valence-corrected chi connectivity index (χ1v) is 7.35. The third-order valence-electron chi connectivity index (χ3n) is 3.96. The van der Waals surface area contributed by atoms with E-state index in [1.807, 2.05) is 0 Å². The molecule has 2 rings (SSSR count). The number of allylic oxidation sites excluding steroid dienone is 1. The van der Waals surface area contributed by atoms with Crippen LogP contribution in [-0.4, -0.2) is 40.3 Å². The summed E-state index contributed by atoms with van der Waals surface area (Å²) in [6, 6.07) is 3.47. The van der Waals surface area contributed by atoms with E-state index in [2.05, 4.69) is 5.32 Å². The van der Waals surface area contributed by atoms with Gasteiger partial charge in [0.15, 0.2) is 11.5 Å². The molecule has 0 spiro atoms. The largest absolute Gasteiger partial charge is 0.493 e. The second-order valence-electron chi connectivity index (χ2n) is 5.29. The molecular weight excluding hydrogens is 314 g/mol. The smallest absolute Gasteiger partial charge is 0.336 e. The van der Waals surface area contributed by atoms with Crippen molar-refractivity contribution in [1.29, 1.82) is 0 Å². The lowest BCUT2D eigenvalue weighted by molar-refractivity contribution is -0.136. The Balaban J connectivity index is 2.61. The summed E-state index contributed by atoms with van der Waals surface area (Å²) in [7, 11) is 5.84. The second kappa shape index (κ2) is 7.25. The Labute approximate surface area is 140 Å². The molecule has 0 bridgehead atoms. The summed E-state index contributed by atoms with van der Waals surface area (Å²) in [5.41, 5.74) is 1.60. The number of amides is 1. The summed E-state index contributed by atoms with van der Waals surface area (Å²) in [5.74, 6) is 0.258. The van der Waals surface area contributed by atoms with E-state index in [4.69, 9.17) is 18.9 Å². The lowest BCUT2D eigenvalue weighted by atomic mass is 9.84. The van der Waals surface area contributed by atoms with Crippen LogP contribution in [0.15, 0.2) is 23.4 Å². The fourth-order valence-corrected chi connectivity index (χ4v) is 2.87. The van der Waals surface area contributed by atoms with Crippen molar-refractivity contribution in [2.24, 2.45) is 0 Å². The topological polar surface area (TPSA) is 83.1 Å². The molecule has 1 aliphatic rings. The summed E-state index contributed by atoms with van der Waals surface area (Å²) >= 11 is 0. The van der Waals surface area contributed by atoms with Gasteiger partial charge in [0, 0.05) is 18.0 Å². The van der Waals surface area contributed by atoms with Crippen LogP contribution in [0.5, 0.6) is 17.2 Å². The Morgan fingerprint density at radius 1 is 1.08 bits per heavy atom. The molecule has 0 saturated heterocycles. The minimum Gasteiger partial charge on any atom is -0.493 e. The van der Waals surface area contributed by atoms with Gasteiger partial charge in [-0.25, -0.2) is 4.79 Å². The molecule has 0 fully saturated rings. The molecule has 0 aliphatic carbocycles. The Morgan fingerprint density at radius 3 is 2.12 bits per heavy atom. The highest BCUT2D eigenvalue weighted by molar-refractivity contribution is 5.95. The first-order chi connectivity index (χ1) is 11.5. The first kappa shape index (κ1) is 17.7. The normalized spacial score (nSPS) is 17.2.